The fraction of sp³-hybridized carbons (Fsp3) is 0.615. The average molecular weight is 295 g/mol. The van der Waals surface area contributed by atoms with E-state index in [1.807, 2.05) is 0 Å². The van der Waals surface area contributed by atoms with Gasteiger partial charge in [-0.2, -0.15) is 0 Å². The van der Waals surface area contributed by atoms with Crippen LogP contribution in [0.2, 0.25) is 0 Å². The Labute approximate surface area is 120 Å². The molecule has 3 atom stereocenters. The number of thiazole rings is 1. The number of nitrogen functional groups attached to an aromatic ring is 1. The summed E-state index contributed by atoms with van der Waals surface area (Å²) in [4.78, 5) is 30.2. The second-order valence-corrected chi connectivity index (χ2v) is 6.59. The minimum atomic E-state index is -0.900. The van der Waals surface area contributed by atoms with Gasteiger partial charge in [0.05, 0.1) is 5.69 Å². The maximum Gasteiger partial charge on any atom is 0.326 e. The molecule has 0 radical (unpaired) electrons. The summed E-state index contributed by atoms with van der Waals surface area (Å²) in [6.07, 6.45) is 2.98. The molecule has 1 saturated heterocycles. The summed E-state index contributed by atoms with van der Waals surface area (Å²) in [6.45, 7) is 2.27. The fourth-order valence-corrected chi connectivity index (χ4v) is 4.37. The molecule has 1 amide bonds. The summed E-state index contributed by atoms with van der Waals surface area (Å²) < 4.78 is 0. The molecule has 20 heavy (non-hydrogen) atoms. The Hall–Kier alpha value is -1.63. The number of likely N-dealkylation sites (tertiary alicyclic amines) is 1. The van der Waals surface area contributed by atoms with E-state index in [4.69, 9.17) is 5.73 Å². The Morgan fingerprint density at radius 3 is 2.80 bits per heavy atom. The van der Waals surface area contributed by atoms with Gasteiger partial charge in [0.15, 0.2) is 5.13 Å². The monoisotopic (exact) mass is 295 g/mol. The van der Waals surface area contributed by atoms with E-state index in [-0.39, 0.29) is 11.8 Å². The summed E-state index contributed by atoms with van der Waals surface area (Å²) in [5.41, 5.74) is 6.20. The molecule has 108 valence electrons. The average Bonchev–Trinajstić information content (AvgIpc) is 3.00. The van der Waals surface area contributed by atoms with Crippen LogP contribution in [-0.4, -0.2) is 39.5 Å². The molecule has 3 N–H and O–H groups in total. The van der Waals surface area contributed by atoms with Crippen LogP contribution in [0, 0.1) is 18.8 Å². The SMILES string of the molecule is Cc1nc(N)sc1C(=O)N1CC2CCCC2C1C(=O)O. The molecule has 1 aliphatic heterocycles. The smallest absolute Gasteiger partial charge is 0.326 e. The van der Waals surface area contributed by atoms with Gasteiger partial charge in [0.1, 0.15) is 10.9 Å². The van der Waals surface area contributed by atoms with Crippen molar-refractivity contribution < 1.29 is 14.7 Å². The predicted octanol–water partition coefficient (Wildman–Crippen LogP) is 1.36. The van der Waals surface area contributed by atoms with Crippen LogP contribution in [-0.2, 0) is 4.79 Å². The first-order chi connectivity index (χ1) is 9.49. The fourth-order valence-electron chi connectivity index (χ4n) is 3.58. The number of fused-ring (bicyclic) bond motifs is 1. The summed E-state index contributed by atoms with van der Waals surface area (Å²) in [5, 5.41) is 9.81. The minimum Gasteiger partial charge on any atom is -0.480 e. The van der Waals surface area contributed by atoms with Crippen molar-refractivity contribution in [3.63, 3.8) is 0 Å². The van der Waals surface area contributed by atoms with Gasteiger partial charge in [-0.15, -0.1) is 0 Å². The second kappa shape index (κ2) is 4.73. The van der Waals surface area contributed by atoms with Crippen molar-refractivity contribution in [2.75, 3.05) is 12.3 Å². The molecule has 3 rings (SSSR count). The van der Waals surface area contributed by atoms with Gasteiger partial charge in [0.2, 0.25) is 0 Å². The third-order valence-corrected chi connectivity index (χ3v) is 5.39. The Bertz CT molecular complexity index is 571. The van der Waals surface area contributed by atoms with Crippen molar-refractivity contribution in [1.29, 1.82) is 0 Å². The first-order valence-corrected chi connectivity index (χ1v) is 7.57. The lowest BCUT2D eigenvalue weighted by Crippen LogP contribution is -2.43. The van der Waals surface area contributed by atoms with Gasteiger partial charge in [-0.05, 0) is 31.6 Å². The molecule has 0 spiro atoms. The zero-order chi connectivity index (χ0) is 14.4. The van der Waals surface area contributed by atoms with Crippen molar-refractivity contribution in [2.45, 2.75) is 32.2 Å². The van der Waals surface area contributed by atoms with Gasteiger partial charge in [0, 0.05) is 6.54 Å². The van der Waals surface area contributed by atoms with Gasteiger partial charge in [0.25, 0.3) is 5.91 Å². The molecular formula is C13H17N3O3S. The van der Waals surface area contributed by atoms with Crippen molar-refractivity contribution >= 4 is 28.3 Å². The highest BCUT2D eigenvalue weighted by Crippen LogP contribution is 2.43. The third-order valence-electron chi connectivity index (χ3n) is 4.41. The highest BCUT2D eigenvalue weighted by atomic mass is 32.1. The van der Waals surface area contributed by atoms with Crippen LogP contribution >= 0.6 is 11.3 Å². The zero-order valence-corrected chi connectivity index (χ0v) is 12.0. The number of aryl methyl sites for hydroxylation is 1. The first-order valence-electron chi connectivity index (χ1n) is 6.75. The van der Waals surface area contributed by atoms with Crippen LogP contribution in [0.25, 0.3) is 0 Å². The lowest BCUT2D eigenvalue weighted by Gasteiger charge is -2.23. The molecule has 2 fully saturated rings. The number of carbonyl (C=O) groups excluding carboxylic acids is 1. The Morgan fingerprint density at radius 1 is 1.45 bits per heavy atom. The Kier molecular flexibility index (Phi) is 3.16. The van der Waals surface area contributed by atoms with Crippen LogP contribution < -0.4 is 5.73 Å². The quantitative estimate of drug-likeness (QED) is 0.858. The number of nitrogens with two attached hydrogens (primary N) is 1. The van der Waals surface area contributed by atoms with Crippen LogP contribution in [0.4, 0.5) is 5.13 Å². The van der Waals surface area contributed by atoms with E-state index in [9.17, 15) is 14.7 Å². The van der Waals surface area contributed by atoms with E-state index in [1.54, 1.807) is 6.92 Å². The lowest BCUT2D eigenvalue weighted by molar-refractivity contribution is -0.142. The number of carboxylic acid groups (broad SMARTS) is 1. The van der Waals surface area contributed by atoms with Gasteiger partial charge < -0.3 is 15.7 Å². The molecule has 0 bridgehead atoms. The normalized spacial score (nSPS) is 28.6. The van der Waals surface area contributed by atoms with Crippen molar-refractivity contribution in [2.24, 2.45) is 11.8 Å². The van der Waals surface area contributed by atoms with Gasteiger partial charge >= 0.3 is 5.97 Å². The molecule has 3 unspecified atom stereocenters. The second-order valence-electron chi connectivity index (χ2n) is 5.56. The molecule has 1 aromatic rings. The molecule has 1 aromatic heterocycles. The van der Waals surface area contributed by atoms with Crippen LogP contribution in [0.5, 0.6) is 0 Å². The molecular weight excluding hydrogens is 278 g/mol. The largest absolute Gasteiger partial charge is 0.480 e. The van der Waals surface area contributed by atoms with E-state index >= 15 is 0 Å². The van der Waals surface area contributed by atoms with Crippen molar-refractivity contribution in [3.05, 3.63) is 10.6 Å². The molecule has 2 aliphatic rings. The summed E-state index contributed by atoms with van der Waals surface area (Å²) >= 11 is 1.13. The number of carboxylic acids is 1. The predicted molar refractivity (Wildman–Crippen MR) is 74.6 cm³/mol. The number of hydrogen-bond acceptors (Lipinski definition) is 5. The van der Waals surface area contributed by atoms with E-state index in [1.165, 1.54) is 4.90 Å². The number of aliphatic carboxylic acids is 1. The number of aromatic nitrogens is 1. The maximum absolute atomic E-state index is 12.6. The number of rotatable bonds is 2. The molecule has 1 saturated carbocycles. The molecule has 6 nitrogen and oxygen atoms in total. The Morgan fingerprint density at radius 2 is 2.20 bits per heavy atom. The number of anilines is 1. The van der Waals surface area contributed by atoms with E-state index in [2.05, 4.69) is 4.98 Å². The van der Waals surface area contributed by atoms with Crippen molar-refractivity contribution in [1.82, 2.24) is 9.88 Å². The van der Waals surface area contributed by atoms with Gasteiger partial charge in [-0.3, -0.25) is 4.79 Å². The number of carbonyl (C=O) groups is 2. The molecule has 0 aromatic carbocycles. The minimum absolute atomic E-state index is 0.0991. The summed E-state index contributed by atoms with van der Waals surface area (Å²) in [7, 11) is 0. The molecule has 2 heterocycles. The van der Waals surface area contributed by atoms with Gasteiger partial charge in [-0.1, -0.05) is 17.8 Å². The van der Waals surface area contributed by atoms with E-state index < -0.39 is 12.0 Å². The van der Waals surface area contributed by atoms with Crippen molar-refractivity contribution in [3.8, 4) is 0 Å². The van der Waals surface area contributed by atoms with E-state index in [0.29, 0.717) is 28.2 Å². The summed E-state index contributed by atoms with van der Waals surface area (Å²) in [5.74, 6) is -0.714. The number of nitrogens with zero attached hydrogens (tertiary/aromatic N) is 2. The van der Waals surface area contributed by atoms with Crippen LogP contribution in [0.3, 0.4) is 0 Å². The van der Waals surface area contributed by atoms with Crippen LogP contribution in [0.1, 0.15) is 34.6 Å². The maximum atomic E-state index is 12.6. The van der Waals surface area contributed by atoms with Gasteiger partial charge in [-0.25, -0.2) is 9.78 Å². The molecule has 7 heteroatoms. The number of amides is 1. The molecule has 1 aliphatic carbocycles. The zero-order valence-electron chi connectivity index (χ0n) is 11.2. The number of hydrogen-bond donors (Lipinski definition) is 2. The highest BCUT2D eigenvalue weighted by Gasteiger charge is 2.50. The highest BCUT2D eigenvalue weighted by molar-refractivity contribution is 7.17. The standard InChI is InChI=1S/C13H17N3O3S/c1-6-10(20-13(14)15-6)11(17)16-5-7-3-2-4-8(7)9(16)12(18)19/h7-9H,2-5H2,1H3,(H2,14,15)(H,18,19). The van der Waals surface area contributed by atoms with E-state index in [0.717, 1.165) is 30.6 Å². The Balaban J connectivity index is 1.91. The third kappa shape index (κ3) is 1.96. The summed E-state index contributed by atoms with van der Waals surface area (Å²) in [6, 6.07) is -0.697. The topological polar surface area (TPSA) is 96.5 Å². The lowest BCUT2D eigenvalue weighted by atomic mass is 9.94. The first kappa shape index (κ1) is 13.4. The van der Waals surface area contributed by atoms with Crippen LogP contribution in [0.15, 0.2) is 0 Å².